The summed E-state index contributed by atoms with van der Waals surface area (Å²) in [6.45, 7) is 1.70. The first kappa shape index (κ1) is 31.7. The minimum absolute atomic E-state index is 0.00438. The first-order valence-corrected chi connectivity index (χ1v) is 15.6. The van der Waals surface area contributed by atoms with Crippen molar-refractivity contribution in [2.24, 2.45) is 17.8 Å². The Balaban J connectivity index is 1.23. The Morgan fingerprint density at radius 3 is 2.35 bits per heavy atom. The summed E-state index contributed by atoms with van der Waals surface area (Å²) >= 11 is 0. The lowest BCUT2D eigenvalue weighted by atomic mass is 9.63. The Bertz CT molecular complexity index is 1610. The first-order valence-electron chi connectivity index (χ1n) is 15.6. The topological polar surface area (TPSA) is 118 Å². The number of nitrogens with zero attached hydrogens (tertiary/aromatic N) is 1. The molecular weight excluding hydrogens is 592 g/mol. The minimum atomic E-state index is -0.645. The standard InChI is InChI=1S/C35H42N2O9/c1-40-21-8-9-22-23-11-12-37-18-20-15-29(46-30(38)10-7-19-13-27(41-2)33(43-4)28(14-19)42-3)34(44-5)31(35(39)45-6)24(20)17-26(37)32(23)36-25(22)16-21/h7-10,13-14,16,20,24,26,29,31,34,36H,11-12,15,17-18H2,1-6H3/b10-7+/t20-,24+,26-,29-,31+,34?/m1/s1. The van der Waals surface area contributed by atoms with Gasteiger partial charge in [0.2, 0.25) is 5.75 Å². The molecule has 1 saturated heterocycles. The zero-order valence-corrected chi connectivity index (χ0v) is 27.2. The Morgan fingerprint density at radius 1 is 0.935 bits per heavy atom. The second-order valence-corrected chi connectivity index (χ2v) is 12.1. The number of aromatic nitrogens is 1. The van der Waals surface area contributed by atoms with E-state index in [0.29, 0.717) is 29.2 Å². The van der Waals surface area contributed by atoms with Crippen molar-refractivity contribution in [1.29, 1.82) is 0 Å². The average Bonchev–Trinajstić information content (AvgIpc) is 3.46. The normalized spacial score (nSPS) is 25.7. The molecule has 11 heteroatoms. The number of aromatic amines is 1. The third-order valence-corrected chi connectivity index (χ3v) is 9.97. The predicted octanol–water partition coefficient (Wildman–Crippen LogP) is 4.57. The molecule has 1 aromatic heterocycles. The molecule has 3 aromatic rings. The molecular formula is C35H42N2O9. The van der Waals surface area contributed by atoms with Gasteiger partial charge in [-0.2, -0.15) is 0 Å². The summed E-state index contributed by atoms with van der Waals surface area (Å²) in [5.41, 5.74) is 4.26. The Hall–Kier alpha value is -4.22. The van der Waals surface area contributed by atoms with Crippen molar-refractivity contribution >= 4 is 28.9 Å². The van der Waals surface area contributed by atoms with Gasteiger partial charge in [-0.3, -0.25) is 9.69 Å². The average molecular weight is 635 g/mol. The summed E-state index contributed by atoms with van der Waals surface area (Å²) in [4.78, 5) is 32.8. The number of piperidine rings is 1. The van der Waals surface area contributed by atoms with Crippen LogP contribution < -0.4 is 18.9 Å². The van der Waals surface area contributed by atoms with E-state index in [0.717, 1.165) is 37.2 Å². The van der Waals surface area contributed by atoms with Crippen LogP contribution in [0.2, 0.25) is 0 Å². The highest BCUT2D eigenvalue weighted by Gasteiger charge is 2.54. The highest BCUT2D eigenvalue weighted by molar-refractivity contribution is 5.88. The zero-order chi connectivity index (χ0) is 32.5. The molecule has 6 rings (SSSR count). The van der Waals surface area contributed by atoms with Crippen molar-refractivity contribution in [3.8, 4) is 23.0 Å². The van der Waals surface area contributed by atoms with Gasteiger partial charge in [-0.1, -0.05) is 0 Å². The van der Waals surface area contributed by atoms with Crippen molar-refractivity contribution in [3.05, 3.63) is 53.2 Å². The van der Waals surface area contributed by atoms with Crippen LogP contribution in [0.3, 0.4) is 0 Å². The van der Waals surface area contributed by atoms with E-state index in [1.807, 2.05) is 12.1 Å². The van der Waals surface area contributed by atoms with Gasteiger partial charge >= 0.3 is 11.9 Å². The Morgan fingerprint density at radius 2 is 1.70 bits per heavy atom. The monoisotopic (exact) mass is 634 g/mol. The molecule has 246 valence electrons. The van der Waals surface area contributed by atoms with Crippen LogP contribution in [0.5, 0.6) is 23.0 Å². The van der Waals surface area contributed by atoms with Crippen LogP contribution in [0.25, 0.3) is 17.0 Å². The van der Waals surface area contributed by atoms with Gasteiger partial charge in [-0.05, 0) is 72.6 Å². The number of ether oxygens (including phenoxy) is 7. The number of hydrogen-bond acceptors (Lipinski definition) is 10. The summed E-state index contributed by atoms with van der Waals surface area (Å²) in [5, 5.41) is 1.21. The zero-order valence-electron chi connectivity index (χ0n) is 27.2. The molecule has 2 aliphatic heterocycles. The number of carbonyl (C=O) groups excluding carboxylic acids is 2. The van der Waals surface area contributed by atoms with Crippen molar-refractivity contribution in [3.63, 3.8) is 0 Å². The number of H-pyrrole nitrogens is 1. The van der Waals surface area contributed by atoms with E-state index in [4.69, 9.17) is 33.2 Å². The van der Waals surface area contributed by atoms with Gasteiger partial charge in [-0.25, -0.2) is 4.79 Å². The molecule has 0 bridgehead atoms. The summed E-state index contributed by atoms with van der Waals surface area (Å²) < 4.78 is 39.0. The SMILES string of the molecule is COC(=O)[C@@H]1C(OC)[C@H](OC(=O)/C=C/c2cc(OC)c(OC)c(OC)c2)C[C@@H]2CN3CCc4c([nH]c5cc(OC)ccc45)[C@H]3C[C@@H]21. The second-order valence-electron chi connectivity index (χ2n) is 12.1. The van der Waals surface area contributed by atoms with Gasteiger partial charge < -0.3 is 38.1 Å². The third-order valence-electron chi connectivity index (χ3n) is 9.97. The van der Waals surface area contributed by atoms with E-state index in [-0.39, 0.29) is 23.8 Å². The molecule has 2 aromatic carbocycles. The highest BCUT2D eigenvalue weighted by Crippen LogP contribution is 2.50. The van der Waals surface area contributed by atoms with Gasteiger partial charge in [-0.15, -0.1) is 0 Å². The fourth-order valence-electron chi connectivity index (χ4n) is 7.91. The number of nitrogens with one attached hydrogen (secondary N) is 1. The Kier molecular flexibility index (Phi) is 9.15. The van der Waals surface area contributed by atoms with Crippen LogP contribution in [0.15, 0.2) is 36.4 Å². The van der Waals surface area contributed by atoms with E-state index in [1.54, 1.807) is 32.4 Å². The largest absolute Gasteiger partial charge is 0.497 e. The second kappa shape index (κ2) is 13.3. The highest BCUT2D eigenvalue weighted by atomic mass is 16.6. The third kappa shape index (κ3) is 5.66. The van der Waals surface area contributed by atoms with Crippen LogP contribution in [0.4, 0.5) is 0 Å². The molecule has 0 spiro atoms. The number of benzene rings is 2. The fraction of sp³-hybridized carbons (Fsp3) is 0.486. The van der Waals surface area contributed by atoms with E-state index >= 15 is 0 Å². The summed E-state index contributed by atoms with van der Waals surface area (Å²) in [6.07, 6.45) is 4.01. The number of hydrogen-bond donors (Lipinski definition) is 1. The van der Waals surface area contributed by atoms with Gasteiger partial charge in [0.05, 0.1) is 47.5 Å². The molecule has 1 aliphatic carbocycles. The number of carbonyl (C=O) groups is 2. The van der Waals surface area contributed by atoms with Crippen molar-refractivity contribution < 1.29 is 42.7 Å². The number of esters is 2. The maximum Gasteiger partial charge on any atom is 0.331 e. The van der Waals surface area contributed by atoms with E-state index in [9.17, 15) is 9.59 Å². The molecule has 3 aliphatic rings. The molecule has 3 heterocycles. The maximum atomic E-state index is 13.4. The smallest absolute Gasteiger partial charge is 0.331 e. The lowest BCUT2D eigenvalue weighted by Gasteiger charge is -2.52. The minimum Gasteiger partial charge on any atom is -0.497 e. The van der Waals surface area contributed by atoms with Crippen molar-refractivity contribution in [1.82, 2.24) is 9.88 Å². The Labute approximate surface area is 268 Å². The van der Waals surface area contributed by atoms with E-state index < -0.39 is 24.1 Å². The summed E-state index contributed by atoms with van der Waals surface area (Å²) in [5.74, 6) is 0.873. The summed E-state index contributed by atoms with van der Waals surface area (Å²) in [6, 6.07) is 9.78. The molecule has 1 unspecified atom stereocenters. The van der Waals surface area contributed by atoms with Crippen molar-refractivity contribution in [2.75, 3.05) is 55.7 Å². The molecule has 0 amide bonds. The lowest BCUT2D eigenvalue weighted by molar-refractivity contribution is -0.187. The summed E-state index contributed by atoms with van der Waals surface area (Å²) in [7, 11) is 9.24. The fourth-order valence-corrected chi connectivity index (χ4v) is 7.91. The van der Waals surface area contributed by atoms with E-state index in [2.05, 4.69) is 16.0 Å². The number of methoxy groups -OCH3 is 6. The van der Waals surface area contributed by atoms with Crippen LogP contribution >= 0.6 is 0 Å². The molecule has 6 atom stereocenters. The molecule has 2 fully saturated rings. The van der Waals surface area contributed by atoms with Crippen LogP contribution in [0.1, 0.15) is 35.7 Å². The van der Waals surface area contributed by atoms with Gasteiger partial charge in [0.25, 0.3) is 0 Å². The van der Waals surface area contributed by atoms with Crippen molar-refractivity contribution in [2.45, 2.75) is 37.5 Å². The van der Waals surface area contributed by atoms with Gasteiger partial charge in [0, 0.05) is 48.9 Å². The number of fused-ring (bicyclic) bond motifs is 6. The van der Waals surface area contributed by atoms with Crippen LogP contribution in [-0.4, -0.2) is 89.8 Å². The first-order chi connectivity index (χ1) is 22.3. The molecule has 1 saturated carbocycles. The predicted molar refractivity (Wildman–Crippen MR) is 170 cm³/mol. The van der Waals surface area contributed by atoms with Gasteiger partial charge in [0.15, 0.2) is 11.5 Å². The molecule has 11 nitrogen and oxygen atoms in total. The van der Waals surface area contributed by atoms with E-state index in [1.165, 1.54) is 51.2 Å². The lowest BCUT2D eigenvalue weighted by Crippen LogP contribution is -2.58. The van der Waals surface area contributed by atoms with Gasteiger partial charge in [0.1, 0.15) is 18.0 Å². The van der Waals surface area contributed by atoms with Crippen LogP contribution in [0, 0.1) is 17.8 Å². The number of rotatable bonds is 9. The molecule has 1 N–H and O–H groups in total. The van der Waals surface area contributed by atoms with Crippen LogP contribution in [-0.2, 0) is 30.2 Å². The quantitative estimate of drug-likeness (QED) is 0.265. The maximum absolute atomic E-state index is 13.4. The molecule has 46 heavy (non-hydrogen) atoms. The molecule has 0 radical (unpaired) electrons.